The Labute approximate surface area is 214 Å². The van der Waals surface area contributed by atoms with Crippen LogP contribution in [0, 0.1) is 11.8 Å². The molecule has 0 spiro atoms. The molecule has 0 saturated carbocycles. The van der Waals surface area contributed by atoms with Gasteiger partial charge in [-0.15, -0.1) is 0 Å². The van der Waals surface area contributed by atoms with E-state index in [1.54, 1.807) is 30.0 Å². The number of carbonyl (C=O) groups excluding carboxylic acids is 2. The summed E-state index contributed by atoms with van der Waals surface area (Å²) in [5, 5.41) is 27.0. The lowest BCUT2D eigenvalue weighted by molar-refractivity contribution is -0.139. The lowest BCUT2D eigenvalue weighted by Crippen LogP contribution is -2.44. The quantitative estimate of drug-likeness (QED) is 0.381. The highest BCUT2D eigenvalue weighted by Crippen LogP contribution is 2.46. The number of carbonyl (C=O) groups is 2. The first kappa shape index (κ1) is 25.6. The molecule has 2 aromatic rings. The summed E-state index contributed by atoms with van der Waals surface area (Å²) in [6.07, 6.45) is 5.87. The van der Waals surface area contributed by atoms with Crippen molar-refractivity contribution in [2.75, 3.05) is 29.9 Å². The smallest absolute Gasteiger partial charge is 0.264 e. The Bertz CT molecular complexity index is 1120. The van der Waals surface area contributed by atoms with Gasteiger partial charge in [-0.05, 0) is 61.7 Å². The second-order valence-corrected chi connectivity index (χ2v) is 10.2. The molecule has 1 saturated heterocycles. The number of rotatable bonds is 8. The standard InChI is InChI=1S/C27H32BrN3O4/c1-18(6-2-3-13-32)27(35)23-15-21(28)10-11-24(23)31(26(27)34)17-19-7-4-9-22(14-19)30-25(33)20-8-5-12-29-16-20/h2,4,6-7,9-11,14-15,18,20,29,32,35H,3,5,8,12-13,16-17H2,1H3,(H,30,33)/b6-2+/t18-,20?,27+/m1/s1. The van der Waals surface area contributed by atoms with Crippen molar-refractivity contribution in [3.05, 3.63) is 70.2 Å². The van der Waals surface area contributed by atoms with E-state index in [0.717, 1.165) is 29.4 Å². The Hall–Kier alpha value is -2.52. The SMILES string of the molecule is C[C@H](/C=C/CCO)[C@@]1(O)C(=O)N(Cc2cccc(NC(=O)C3CCCNC3)c2)c2ccc(Br)cc21. The van der Waals surface area contributed by atoms with Crippen LogP contribution in [0.2, 0.25) is 0 Å². The van der Waals surface area contributed by atoms with Gasteiger partial charge in [0.05, 0.1) is 18.2 Å². The Kier molecular flexibility index (Phi) is 8.06. The van der Waals surface area contributed by atoms with E-state index < -0.39 is 17.4 Å². The van der Waals surface area contributed by atoms with Crippen LogP contribution in [0.5, 0.6) is 0 Å². The van der Waals surface area contributed by atoms with Gasteiger partial charge in [0.15, 0.2) is 5.60 Å². The molecule has 0 aliphatic carbocycles. The lowest BCUT2D eigenvalue weighted by atomic mass is 9.83. The van der Waals surface area contributed by atoms with Crippen molar-refractivity contribution in [3.8, 4) is 0 Å². The Morgan fingerprint density at radius 3 is 2.91 bits per heavy atom. The number of nitrogens with zero attached hydrogens (tertiary/aromatic N) is 1. The highest BCUT2D eigenvalue weighted by molar-refractivity contribution is 9.10. The van der Waals surface area contributed by atoms with E-state index in [0.29, 0.717) is 29.9 Å². The predicted molar refractivity (Wildman–Crippen MR) is 140 cm³/mol. The van der Waals surface area contributed by atoms with E-state index in [1.165, 1.54) is 0 Å². The summed E-state index contributed by atoms with van der Waals surface area (Å²) >= 11 is 3.46. The molecule has 4 N–H and O–H groups in total. The van der Waals surface area contributed by atoms with Gasteiger partial charge in [0.25, 0.3) is 5.91 Å². The average molecular weight is 542 g/mol. The van der Waals surface area contributed by atoms with Gasteiger partial charge in [-0.3, -0.25) is 9.59 Å². The molecule has 186 valence electrons. The molecule has 1 fully saturated rings. The molecular formula is C27H32BrN3O4. The molecule has 0 radical (unpaired) electrons. The number of aliphatic hydroxyl groups is 2. The summed E-state index contributed by atoms with van der Waals surface area (Å²) in [7, 11) is 0. The number of anilines is 2. The van der Waals surface area contributed by atoms with Crippen LogP contribution in [-0.4, -0.2) is 41.7 Å². The molecular weight excluding hydrogens is 510 g/mol. The molecule has 8 heteroatoms. The van der Waals surface area contributed by atoms with Crippen LogP contribution >= 0.6 is 15.9 Å². The predicted octanol–water partition coefficient (Wildman–Crippen LogP) is 3.70. The average Bonchev–Trinajstić information content (AvgIpc) is 3.07. The molecule has 4 rings (SSSR count). The minimum atomic E-state index is -1.72. The van der Waals surface area contributed by atoms with E-state index in [2.05, 4.69) is 26.6 Å². The molecule has 2 aliphatic heterocycles. The third-order valence-corrected chi connectivity index (χ3v) is 7.31. The third kappa shape index (κ3) is 5.35. The minimum Gasteiger partial charge on any atom is -0.396 e. The minimum absolute atomic E-state index is 0.000314. The fourth-order valence-corrected chi connectivity index (χ4v) is 5.20. The van der Waals surface area contributed by atoms with Crippen molar-refractivity contribution in [3.63, 3.8) is 0 Å². The monoisotopic (exact) mass is 541 g/mol. The number of amides is 2. The first-order valence-electron chi connectivity index (χ1n) is 12.1. The number of fused-ring (bicyclic) bond motifs is 1. The van der Waals surface area contributed by atoms with Gasteiger partial charge in [0.1, 0.15) is 0 Å². The number of piperidine rings is 1. The molecule has 2 aliphatic rings. The first-order valence-corrected chi connectivity index (χ1v) is 12.9. The van der Waals surface area contributed by atoms with Crippen LogP contribution in [0.15, 0.2) is 59.1 Å². The van der Waals surface area contributed by atoms with Crippen molar-refractivity contribution in [2.24, 2.45) is 11.8 Å². The van der Waals surface area contributed by atoms with Crippen LogP contribution in [0.4, 0.5) is 11.4 Å². The highest BCUT2D eigenvalue weighted by atomic mass is 79.9. The zero-order valence-electron chi connectivity index (χ0n) is 19.8. The highest BCUT2D eigenvalue weighted by Gasteiger charge is 2.52. The van der Waals surface area contributed by atoms with Gasteiger partial charge in [0, 0.05) is 34.8 Å². The summed E-state index contributed by atoms with van der Waals surface area (Å²) in [6, 6.07) is 13.0. The fraction of sp³-hybridized carbons (Fsp3) is 0.407. The molecule has 2 amide bonds. The van der Waals surface area contributed by atoms with Gasteiger partial charge in [-0.1, -0.05) is 47.1 Å². The summed E-state index contributed by atoms with van der Waals surface area (Å²) in [6.45, 7) is 3.70. The van der Waals surface area contributed by atoms with Crippen molar-refractivity contribution in [2.45, 2.75) is 38.3 Å². The summed E-state index contributed by atoms with van der Waals surface area (Å²) in [5.41, 5.74) is 1.03. The molecule has 2 heterocycles. The lowest BCUT2D eigenvalue weighted by Gasteiger charge is -2.28. The Morgan fingerprint density at radius 1 is 1.34 bits per heavy atom. The molecule has 7 nitrogen and oxygen atoms in total. The largest absolute Gasteiger partial charge is 0.396 e. The van der Waals surface area contributed by atoms with Crippen molar-refractivity contribution in [1.82, 2.24) is 5.32 Å². The summed E-state index contributed by atoms with van der Waals surface area (Å²) in [5.74, 6) is -0.934. The van der Waals surface area contributed by atoms with Crippen molar-refractivity contribution in [1.29, 1.82) is 0 Å². The number of aliphatic hydroxyl groups excluding tert-OH is 1. The topological polar surface area (TPSA) is 102 Å². The van der Waals surface area contributed by atoms with Crippen LogP contribution in [0.25, 0.3) is 0 Å². The van der Waals surface area contributed by atoms with E-state index in [-0.39, 0.29) is 25.0 Å². The third-order valence-electron chi connectivity index (χ3n) is 6.81. The van der Waals surface area contributed by atoms with Gasteiger partial charge >= 0.3 is 0 Å². The first-order chi connectivity index (χ1) is 16.8. The molecule has 0 bridgehead atoms. The van der Waals surface area contributed by atoms with Gasteiger partial charge in [-0.2, -0.15) is 0 Å². The molecule has 35 heavy (non-hydrogen) atoms. The van der Waals surface area contributed by atoms with Gasteiger partial charge in [-0.25, -0.2) is 0 Å². The maximum absolute atomic E-state index is 13.6. The number of nitrogens with one attached hydrogen (secondary N) is 2. The Morgan fingerprint density at radius 2 is 2.17 bits per heavy atom. The van der Waals surface area contributed by atoms with Gasteiger partial charge < -0.3 is 25.7 Å². The van der Waals surface area contributed by atoms with E-state index >= 15 is 0 Å². The van der Waals surface area contributed by atoms with E-state index in [9.17, 15) is 14.7 Å². The van der Waals surface area contributed by atoms with Crippen LogP contribution in [0.3, 0.4) is 0 Å². The van der Waals surface area contributed by atoms with E-state index in [1.807, 2.05) is 36.4 Å². The maximum Gasteiger partial charge on any atom is 0.264 e. The van der Waals surface area contributed by atoms with Gasteiger partial charge in [0.2, 0.25) is 5.91 Å². The summed E-state index contributed by atoms with van der Waals surface area (Å²) < 4.78 is 0.776. The fourth-order valence-electron chi connectivity index (χ4n) is 4.84. The second kappa shape index (κ2) is 11.0. The molecule has 1 unspecified atom stereocenters. The summed E-state index contributed by atoms with van der Waals surface area (Å²) in [4.78, 5) is 27.9. The normalized spacial score (nSPS) is 22.9. The van der Waals surface area contributed by atoms with Crippen LogP contribution in [-0.2, 0) is 21.7 Å². The van der Waals surface area contributed by atoms with Crippen molar-refractivity contribution >= 4 is 39.1 Å². The van der Waals surface area contributed by atoms with Crippen LogP contribution < -0.4 is 15.5 Å². The zero-order valence-corrected chi connectivity index (χ0v) is 21.4. The molecule has 0 aromatic heterocycles. The Balaban J connectivity index is 1.57. The van der Waals surface area contributed by atoms with E-state index in [4.69, 9.17) is 5.11 Å². The maximum atomic E-state index is 13.6. The number of hydrogen-bond donors (Lipinski definition) is 4. The van der Waals surface area contributed by atoms with Crippen LogP contribution in [0.1, 0.15) is 37.3 Å². The second-order valence-electron chi connectivity index (χ2n) is 9.28. The number of benzene rings is 2. The zero-order chi connectivity index (χ0) is 25.0. The number of halogens is 1. The number of hydrogen-bond acceptors (Lipinski definition) is 5. The molecule has 2 aromatic carbocycles. The van der Waals surface area contributed by atoms with Crippen molar-refractivity contribution < 1.29 is 19.8 Å². The molecule has 3 atom stereocenters.